The monoisotopic (exact) mass is 279 g/mol. The van der Waals surface area contributed by atoms with Crippen molar-refractivity contribution in [3.05, 3.63) is 23.8 Å². The van der Waals surface area contributed by atoms with Crippen molar-refractivity contribution in [3.8, 4) is 0 Å². The third kappa shape index (κ3) is 4.17. The fraction of sp³-hybridized carbons (Fsp3) is 0.500. The number of hydrogen-bond donors (Lipinski definition) is 0. The molecule has 1 heterocycles. The average Bonchev–Trinajstić information content (AvgIpc) is 2.34. The van der Waals surface area contributed by atoms with E-state index in [1.165, 1.54) is 6.07 Å². The molecule has 0 spiro atoms. The highest BCUT2D eigenvalue weighted by molar-refractivity contribution is 7.84. The molecular formula is C10H12F3N3OS. The van der Waals surface area contributed by atoms with E-state index in [9.17, 15) is 17.4 Å². The molecule has 2 atom stereocenters. The Morgan fingerprint density at radius 3 is 2.78 bits per heavy atom. The van der Waals surface area contributed by atoms with Crippen LogP contribution in [0.4, 0.5) is 13.2 Å². The molecule has 18 heavy (non-hydrogen) atoms. The zero-order chi connectivity index (χ0) is 13.8. The van der Waals surface area contributed by atoms with Gasteiger partial charge in [-0.05, 0) is 19.4 Å². The Morgan fingerprint density at radius 2 is 2.22 bits per heavy atom. The van der Waals surface area contributed by atoms with Crippen molar-refractivity contribution in [3.63, 3.8) is 0 Å². The highest BCUT2D eigenvalue weighted by Gasteiger charge is 2.34. The van der Waals surface area contributed by atoms with Crippen molar-refractivity contribution in [2.45, 2.75) is 31.7 Å². The summed E-state index contributed by atoms with van der Waals surface area (Å²) in [5.74, 6) is -1.24. The van der Waals surface area contributed by atoms with E-state index >= 15 is 0 Å². The number of nitrogens with zero attached hydrogens (tertiary/aromatic N) is 3. The first kappa shape index (κ1) is 14.7. The highest BCUT2D eigenvalue weighted by atomic mass is 32.2. The number of hydrogen-bond acceptors (Lipinski definition) is 3. The third-order valence-corrected chi connectivity index (χ3v) is 3.47. The van der Waals surface area contributed by atoms with Gasteiger partial charge in [0.15, 0.2) is 0 Å². The van der Waals surface area contributed by atoms with Crippen molar-refractivity contribution in [2.24, 2.45) is 4.40 Å². The van der Waals surface area contributed by atoms with Crippen molar-refractivity contribution in [1.29, 1.82) is 0 Å². The molecule has 0 fully saturated rings. The highest BCUT2D eigenvalue weighted by Crippen LogP contribution is 2.25. The number of aromatic nitrogens is 2. The standard InChI is InChI=1S/C10H12F3N3OS/c1-3-7(2)18(17)15-6-8-4-5-14-9(16-8)10(11,12)13/h4-7H,3H2,1-2H3/t7-,18?/m1/s1. The van der Waals surface area contributed by atoms with Crippen LogP contribution < -0.4 is 0 Å². The summed E-state index contributed by atoms with van der Waals surface area (Å²) in [5.41, 5.74) is -0.0195. The van der Waals surface area contributed by atoms with Crippen molar-refractivity contribution in [1.82, 2.24) is 9.97 Å². The van der Waals surface area contributed by atoms with E-state index in [0.717, 1.165) is 12.4 Å². The Balaban J connectivity index is 2.86. The molecule has 1 unspecified atom stereocenters. The molecule has 0 saturated heterocycles. The zero-order valence-electron chi connectivity index (χ0n) is 9.81. The van der Waals surface area contributed by atoms with Gasteiger partial charge in [-0.1, -0.05) is 6.92 Å². The van der Waals surface area contributed by atoms with Gasteiger partial charge in [0.1, 0.15) is 11.0 Å². The molecule has 0 radical (unpaired) electrons. The van der Waals surface area contributed by atoms with Crippen LogP contribution in [0.3, 0.4) is 0 Å². The molecule has 1 aromatic heterocycles. The SMILES string of the molecule is CC[C@@H](C)S(=O)N=Cc1ccnc(C(F)(F)F)n1. The minimum atomic E-state index is -4.60. The van der Waals surface area contributed by atoms with E-state index in [2.05, 4.69) is 14.4 Å². The Bertz CT molecular complexity index is 462. The molecule has 4 nitrogen and oxygen atoms in total. The summed E-state index contributed by atoms with van der Waals surface area (Å²) in [7, 11) is -1.47. The first-order chi connectivity index (χ1) is 8.34. The third-order valence-electron chi connectivity index (χ3n) is 2.14. The summed E-state index contributed by atoms with van der Waals surface area (Å²) >= 11 is 0. The van der Waals surface area contributed by atoms with E-state index in [4.69, 9.17) is 0 Å². The minimum absolute atomic E-state index is 0.0195. The lowest BCUT2D eigenvalue weighted by Crippen LogP contribution is -2.12. The molecule has 0 aliphatic heterocycles. The van der Waals surface area contributed by atoms with Crippen LogP contribution in [0.1, 0.15) is 31.8 Å². The van der Waals surface area contributed by atoms with Gasteiger partial charge in [0, 0.05) is 6.20 Å². The van der Waals surface area contributed by atoms with Gasteiger partial charge in [0.25, 0.3) is 0 Å². The molecular weight excluding hydrogens is 267 g/mol. The molecule has 0 amide bonds. The number of rotatable bonds is 4. The molecule has 0 aliphatic rings. The largest absolute Gasteiger partial charge is 0.451 e. The molecule has 0 saturated carbocycles. The Morgan fingerprint density at radius 1 is 1.56 bits per heavy atom. The van der Waals surface area contributed by atoms with Crippen LogP contribution in [0, 0.1) is 0 Å². The van der Waals surface area contributed by atoms with Crippen LogP contribution in [-0.4, -0.2) is 25.6 Å². The predicted octanol–water partition coefficient (Wildman–Crippen LogP) is 2.38. The maximum atomic E-state index is 12.3. The second kappa shape index (κ2) is 6.03. The molecule has 0 bridgehead atoms. The topological polar surface area (TPSA) is 55.2 Å². The normalized spacial score (nSPS) is 15.8. The van der Waals surface area contributed by atoms with Crippen LogP contribution >= 0.6 is 0 Å². The summed E-state index contributed by atoms with van der Waals surface area (Å²) in [5, 5.41) is -0.148. The quantitative estimate of drug-likeness (QED) is 0.795. The number of alkyl halides is 3. The lowest BCUT2D eigenvalue weighted by atomic mass is 10.4. The fourth-order valence-corrected chi connectivity index (χ4v) is 1.64. The first-order valence-electron chi connectivity index (χ1n) is 5.19. The van der Waals surface area contributed by atoms with E-state index in [1.807, 2.05) is 6.92 Å². The van der Waals surface area contributed by atoms with E-state index in [-0.39, 0.29) is 10.9 Å². The van der Waals surface area contributed by atoms with Gasteiger partial charge in [-0.15, -0.1) is 0 Å². The number of halogens is 3. The minimum Gasteiger partial charge on any atom is -0.235 e. The summed E-state index contributed by atoms with van der Waals surface area (Å²) in [6.07, 6.45) is -1.87. The Hall–Kier alpha value is -1.31. The maximum Gasteiger partial charge on any atom is 0.451 e. The van der Waals surface area contributed by atoms with Crippen molar-refractivity contribution < 1.29 is 17.4 Å². The van der Waals surface area contributed by atoms with Gasteiger partial charge < -0.3 is 0 Å². The Labute approximate surface area is 105 Å². The summed E-state index contributed by atoms with van der Waals surface area (Å²) in [6, 6.07) is 1.27. The smallest absolute Gasteiger partial charge is 0.235 e. The molecule has 1 rings (SSSR count). The first-order valence-corrected chi connectivity index (χ1v) is 6.36. The maximum absolute atomic E-state index is 12.3. The van der Waals surface area contributed by atoms with Gasteiger partial charge in [-0.25, -0.2) is 14.2 Å². The van der Waals surface area contributed by atoms with Gasteiger partial charge >= 0.3 is 6.18 Å². The summed E-state index contributed by atoms with van der Waals surface area (Å²) in [4.78, 5) is 6.40. The summed E-state index contributed by atoms with van der Waals surface area (Å²) < 4.78 is 52.1. The molecule has 1 aromatic rings. The zero-order valence-corrected chi connectivity index (χ0v) is 10.6. The lowest BCUT2D eigenvalue weighted by Gasteiger charge is -2.04. The van der Waals surface area contributed by atoms with Crippen LogP contribution in [0.15, 0.2) is 16.7 Å². The van der Waals surface area contributed by atoms with Gasteiger partial charge in [0.05, 0.1) is 17.2 Å². The van der Waals surface area contributed by atoms with Crippen LogP contribution in [0.5, 0.6) is 0 Å². The van der Waals surface area contributed by atoms with Gasteiger partial charge in [-0.3, -0.25) is 0 Å². The molecule has 0 N–H and O–H groups in total. The average molecular weight is 279 g/mol. The van der Waals surface area contributed by atoms with Crippen molar-refractivity contribution >= 4 is 17.2 Å². The second-order valence-corrected chi connectivity index (χ2v) is 5.10. The van der Waals surface area contributed by atoms with E-state index < -0.39 is 23.0 Å². The molecule has 100 valence electrons. The van der Waals surface area contributed by atoms with Crippen LogP contribution in [-0.2, 0) is 17.2 Å². The lowest BCUT2D eigenvalue weighted by molar-refractivity contribution is -0.145. The van der Waals surface area contributed by atoms with Gasteiger partial charge in [-0.2, -0.15) is 17.6 Å². The van der Waals surface area contributed by atoms with Crippen molar-refractivity contribution in [2.75, 3.05) is 0 Å². The van der Waals surface area contributed by atoms with Gasteiger partial charge in [0.2, 0.25) is 5.82 Å². The van der Waals surface area contributed by atoms with Crippen LogP contribution in [0.25, 0.3) is 0 Å². The second-order valence-electron chi connectivity index (χ2n) is 3.53. The fourth-order valence-electron chi connectivity index (χ4n) is 0.934. The molecule has 0 aromatic carbocycles. The molecule has 8 heteroatoms. The Kier molecular flexibility index (Phi) is 4.94. The molecule has 0 aliphatic carbocycles. The van der Waals surface area contributed by atoms with E-state index in [1.54, 1.807) is 6.92 Å². The van der Waals surface area contributed by atoms with Crippen LogP contribution in [0.2, 0.25) is 0 Å². The summed E-state index contributed by atoms with van der Waals surface area (Å²) in [6.45, 7) is 3.60. The predicted molar refractivity (Wildman–Crippen MR) is 62.5 cm³/mol. The van der Waals surface area contributed by atoms with E-state index in [0.29, 0.717) is 6.42 Å².